The molecule has 1 heterocycles. The van der Waals surface area contributed by atoms with Crippen LogP contribution < -0.4 is 10.1 Å². The van der Waals surface area contributed by atoms with Crippen LogP contribution in [0.2, 0.25) is 0 Å². The molecule has 0 aromatic heterocycles. The zero-order valence-corrected chi connectivity index (χ0v) is 13.0. The van der Waals surface area contributed by atoms with Gasteiger partial charge in [-0.2, -0.15) is 0 Å². The van der Waals surface area contributed by atoms with Crippen LogP contribution >= 0.6 is 15.9 Å². The number of fused-ring (bicyclic) bond motifs is 1. The highest BCUT2D eigenvalue weighted by Gasteiger charge is 2.30. The van der Waals surface area contributed by atoms with Crippen molar-refractivity contribution in [2.75, 3.05) is 18.5 Å². The average molecular weight is 326 g/mol. The number of amides is 1. The summed E-state index contributed by atoms with van der Waals surface area (Å²) in [6.07, 6.45) is 1.03. The van der Waals surface area contributed by atoms with Gasteiger partial charge in [-0.05, 0) is 17.9 Å². The van der Waals surface area contributed by atoms with E-state index in [1.807, 2.05) is 24.3 Å². The second-order valence-electron chi connectivity index (χ2n) is 5.72. The predicted molar refractivity (Wildman–Crippen MR) is 79.9 cm³/mol. The first kappa shape index (κ1) is 14.4. The Morgan fingerprint density at radius 2 is 2.21 bits per heavy atom. The summed E-state index contributed by atoms with van der Waals surface area (Å²) in [6.45, 7) is 5.46. The summed E-state index contributed by atoms with van der Waals surface area (Å²) in [6, 6.07) is 7.76. The van der Waals surface area contributed by atoms with E-state index in [-0.39, 0.29) is 17.2 Å². The van der Waals surface area contributed by atoms with E-state index in [0.29, 0.717) is 13.2 Å². The maximum Gasteiger partial charge on any atom is 0.231 e. The second-order valence-corrected chi connectivity index (χ2v) is 6.52. The summed E-state index contributed by atoms with van der Waals surface area (Å²) in [5.41, 5.74) is 1.11. The first-order valence-corrected chi connectivity index (χ1v) is 7.71. The van der Waals surface area contributed by atoms with Crippen LogP contribution in [0.3, 0.4) is 0 Å². The van der Waals surface area contributed by atoms with Crippen molar-refractivity contribution in [2.45, 2.75) is 26.2 Å². The summed E-state index contributed by atoms with van der Waals surface area (Å²) in [7, 11) is 0. The summed E-state index contributed by atoms with van der Waals surface area (Å²) in [4.78, 5) is 12.3. The van der Waals surface area contributed by atoms with Crippen molar-refractivity contribution in [1.29, 1.82) is 0 Å². The molecule has 0 fully saturated rings. The van der Waals surface area contributed by atoms with E-state index >= 15 is 0 Å². The molecule has 0 saturated heterocycles. The molecule has 1 amide bonds. The lowest BCUT2D eigenvalue weighted by Crippen LogP contribution is -2.37. The third-order valence-electron chi connectivity index (χ3n) is 3.53. The number of rotatable bonds is 5. The van der Waals surface area contributed by atoms with Gasteiger partial charge in [0.2, 0.25) is 5.91 Å². The number of benzene rings is 1. The number of ether oxygens (including phenoxy) is 1. The van der Waals surface area contributed by atoms with Gasteiger partial charge in [0.05, 0.1) is 0 Å². The minimum atomic E-state index is -0.170. The quantitative estimate of drug-likeness (QED) is 0.845. The van der Waals surface area contributed by atoms with Crippen LogP contribution in [0.25, 0.3) is 0 Å². The maximum atomic E-state index is 12.3. The van der Waals surface area contributed by atoms with Crippen molar-refractivity contribution in [2.24, 2.45) is 5.41 Å². The average Bonchev–Trinajstić information content (AvgIpc) is 2.80. The number of nitrogens with one attached hydrogen (secondary N) is 1. The van der Waals surface area contributed by atoms with E-state index < -0.39 is 0 Å². The Bertz CT molecular complexity index is 459. The van der Waals surface area contributed by atoms with Crippen molar-refractivity contribution in [3.8, 4) is 5.75 Å². The minimum Gasteiger partial charge on any atom is -0.492 e. The molecular formula is C15H20BrNO2. The third kappa shape index (κ3) is 3.50. The smallest absolute Gasteiger partial charge is 0.231 e. The number of alkyl halides is 1. The zero-order chi connectivity index (χ0) is 13.9. The number of carbonyl (C=O) groups is 1. The summed E-state index contributed by atoms with van der Waals surface area (Å²) in [5.74, 6) is 0.728. The van der Waals surface area contributed by atoms with Crippen LogP contribution in [0.1, 0.15) is 31.7 Å². The van der Waals surface area contributed by atoms with E-state index in [9.17, 15) is 4.79 Å². The monoisotopic (exact) mass is 325 g/mol. The molecule has 2 rings (SSSR count). The molecule has 104 valence electrons. The van der Waals surface area contributed by atoms with Gasteiger partial charge in [-0.3, -0.25) is 4.79 Å². The van der Waals surface area contributed by atoms with Gasteiger partial charge in [-0.1, -0.05) is 48.0 Å². The van der Waals surface area contributed by atoms with Crippen LogP contribution in [0.5, 0.6) is 5.75 Å². The fraction of sp³-hybridized carbons (Fsp3) is 0.533. The topological polar surface area (TPSA) is 38.3 Å². The molecule has 3 nitrogen and oxygen atoms in total. The maximum absolute atomic E-state index is 12.3. The minimum absolute atomic E-state index is 0.0626. The molecule has 0 radical (unpaired) electrons. The Labute approximate surface area is 122 Å². The van der Waals surface area contributed by atoms with Crippen LogP contribution in [0, 0.1) is 5.41 Å². The van der Waals surface area contributed by atoms with Gasteiger partial charge in [0, 0.05) is 17.4 Å². The van der Waals surface area contributed by atoms with Crippen LogP contribution in [0.4, 0.5) is 0 Å². The fourth-order valence-corrected chi connectivity index (χ4v) is 3.25. The number of para-hydroxylation sites is 1. The Morgan fingerprint density at radius 3 is 2.95 bits per heavy atom. The molecule has 4 heteroatoms. The SMILES string of the molecule is CC(C)(CCBr)CNC(=O)C1COc2ccccc21. The van der Waals surface area contributed by atoms with Gasteiger partial charge < -0.3 is 10.1 Å². The fourth-order valence-electron chi connectivity index (χ4n) is 2.17. The predicted octanol–water partition coefficient (Wildman–Crippen LogP) is 3.09. The standard InChI is InChI=1S/C15H20BrNO2/c1-15(2,7-8-16)10-17-14(18)12-9-19-13-6-4-3-5-11(12)13/h3-6,12H,7-10H2,1-2H3,(H,17,18). The van der Waals surface area contributed by atoms with Crippen molar-refractivity contribution < 1.29 is 9.53 Å². The molecule has 1 unspecified atom stereocenters. The van der Waals surface area contributed by atoms with Crippen molar-refractivity contribution >= 4 is 21.8 Å². The first-order chi connectivity index (χ1) is 9.03. The van der Waals surface area contributed by atoms with Gasteiger partial charge in [0.1, 0.15) is 18.3 Å². The second kappa shape index (κ2) is 5.95. The summed E-state index contributed by atoms with van der Waals surface area (Å²) in [5, 5.41) is 4.00. The van der Waals surface area contributed by atoms with Gasteiger partial charge in [0.25, 0.3) is 0 Å². The highest BCUT2D eigenvalue weighted by Crippen LogP contribution is 2.33. The summed E-state index contributed by atoms with van der Waals surface area (Å²) >= 11 is 3.45. The lowest BCUT2D eigenvalue weighted by atomic mass is 9.90. The van der Waals surface area contributed by atoms with E-state index in [2.05, 4.69) is 35.1 Å². The molecule has 1 aromatic carbocycles. The van der Waals surface area contributed by atoms with Crippen molar-refractivity contribution in [3.63, 3.8) is 0 Å². The zero-order valence-electron chi connectivity index (χ0n) is 11.4. The van der Waals surface area contributed by atoms with Gasteiger partial charge in [0.15, 0.2) is 0 Å². The van der Waals surface area contributed by atoms with E-state index in [1.165, 1.54) is 0 Å². The first-order valence-electron chi connectivity index (χ1n) is 6.59. The molecule has 1 N–H and O–H groups in total. The van der Waals surface area contributed by atoms with E-state index in [1.54, 1.807) is 0 Å². The highest BCUT2D eigenvalue weighted by molar-refractivity contribution is 9.09. The molecule has 19 heavy (non-hydrogen) atoms. The highest BCUT2D eigenvalue weighted by atomic mass is 79.9. The molecule has 1 aromatic rings. The largest absolute Gasteiger partial charge is 0.492 e. The molecular weight excluding hydrogens is 306 g/mol. The van der Waals surface area contributed by atoms with Gasteiger partial charge in [-0.15, -0.1) is 0 Å². The Balaban J connectivity index is 1.95. The molecule has 0 spiro atoms. The van der Waals surface area contributed by atoms with Crippen LogP contribution in [0.15, 0.2) is 24.3 Å². The Hall–Kier alpha value is -1.03. The number of carbonyl (C=O) groups excluding carboxylic acids is 1. The third-order valence-corrected chi connectivity index (χ3v) is 3.93. The number of hydrogen-bond acceptors (Lipinski definition) is 2. The van der Waals surface area contributed by atoms with E-state index in [0.717, 1.165) is 23.1 Å². The van der Waals surface area contributed by atoms with Gasteiger partial charge in [-0.25, -0.2) is 0 Å². The van der Waals surface area contributed by atoms with Gasteiger partial charge >= 0.3 is 0 Å². The van der Waals surface area contributed by atoms with E-state index in [4.69, 9.17) is 4.74 Å². The Kier molecular flexibility index (Phi) is 4.50. The number of halogens is 1. The summed E-state index contributed by atoms with van der Waals surface area (Å²) < 4.78 is 5.54. The molecule has 0 aliphatic carbocycles. The molecule has 1 atom stereocenters. The molecule has 0 bridgehead atoms. The van der Waals surface area contributed by atoms with Crippen LogP contribution in [-0.4, -0.2) is 24.4 Å². The van der Waals surface area contributed by atoms with Crippen molar-refractivity contribution in [3.05, 3.63) is 29.8 Å². The molecule has 1 aliphatic heterocycles. The molecule has 0 saturated carbocycles. The normalized spacial score (nSPS) is 17.7. The van der Waals surface area contributed by atoms with Crippen LogP contribution in [-0.2, 0) is 4.79 Å². The lowest BCUT2D eigenvalue weighted by Gasteiger charge is -2.24. The van der Waals surface area contributed by atoms with Crippen molar-refractivity contribution in [1.82, 2.24) is 5.32 Å². The lowest BCUT2D eigenvalue weighted by molar-refractivity contribution is -0.123. The molecule has 1 aliphatic rings. The Morgan fingerprint density at radius 1 is 1.47 bits per heavy atom. The number of hydrogen-bond donors (Lipinski definition) is 1.